The Morgan fingerprint density at radius 1 is 1.14 bits per heavy atom. The Bertz CT molecular complexity index is 627. The number of ketones is 1. The van der Waals surface area contributed by atoms with Crippen LogP contribution in [0.4, 0.5) is 4.39 Å². The van der Waals surface area contributed by atoms with Crippen LogP contribution in [0.15, 0.2) is 36.4 Å². The lowest BCUT2D eigenvalue weighted by Gasteiger charge is -2.14. The van der Waals surface area contributed by atoms with Crippen molar-refractivity contribution in [3.05, 3.63) is 47.8 Å². The number of carbonyl (C=O) groups excluding carboxylic acids is 3. The number of hydrogen-bond acceptors (Lipinski definition) is 3. The molecule has 0 saturated carbocycles. The lowest BCUT2D eigenvalue weighted by atomic mass is 9.85. The Hall–Kier alpha value is -2.30. The summed E-state index contributed by atoms with van der Waals surface area (Å²) >= 11 is 0. The molecule has 4 nitrogen and oxygen atoms in total. The van der Waals surface area contributed by atoms with Crippen molar-refractivity contribution >= 4 is 17.6 Å². The van der Waals surface area contributed by atoms with E-state index in [1.165, 1.54) is 18.2 Å². The highest BCUT2D eigenvalue weighted by molar-refractivity contribution is 6.10. The molecule has 1 aromatic carbocycles. The largest absolute Gasteiger partial charge is 0.292 e. The summed E-state index contributed by atoms with van der Waals surface area (Å²) in [6.45, 7) is -0.311. The van der Waals surface area contributed by atoms with Gasteiger partial charge in [0, 0.05) is 5.56 Å². The van der Waals surface area contributed by atoms with Gasteiger partial charge in [0.25, 0.3) is 0 Å². The molecule has 3 rings (SSSR count). The van der Waals surface area contributed by atoms with Crippen LogP contribution in [0.1, 0.15) is 23.2 Å². The summed E-state index contributed by atoms with van der Waals surface area (Å²) in [5.41, 5.74) is 0.170. The van der Waals surface area contributed by atoms with Crippen molar-refractivity contribution in [3.8, 4) is 0 Å². The number of benzene rings is 1. The Morgan fingerprint density at radius 2 is 1.76 bits per heavy atom. The van der Waals surface area contributed by atoms with Crippen molar-refractivity contribution in [2.45, 2.75) is 12.8 Å². The lowest BCUT2D eigenvalue weighted by Crippen LogP contribution is -2.36. The Labute approximate surface area is 121 Å². The molecular formula is C16H14FNO3. The number of carbonyl (C=O) groups is 3. The molecule has 0 radical (unpaired) electrons. The fourth-order valence-electron chi connectivity index (χ4n) is 2.92. The van der Waals surface area contributed by atoms with Crippen molar-refractivity contribution < 1.29 is 18.8 Å². The molecule has 1 heterocycles. The molecule has 2 aliphatic rings. The van der Waals surface area contributed by atoms with Gasteiger partial charge in [0.2, 0.25) is 11.8 Å². The van der Waals surface area contributed by atoms with Crippen LogP contribution in [0, 0.1) is 17.7 Å². The van der Waals surface area contributed by atoms with Gasteiger partial charge in [0.05, 0.1) is 18.4 Å². The van der Waals surface area contributed by atoms with Gasteiger partial charge in [-0.25, -0.2) is 4.39 Å². The predicted octanol–water partition coefficient (Wildman–Crippen LogP) is 1.96. The molecule has 0 spiro atoms. The minimum Gasteiger partial charge on any atom is -0.292 e. The van der Waals surface area contributed by atoms with E-state index in [1.54, 1.807) is 0 Å². The van der Waals surface area contributed by atoms with Gasteiger partial charge in [-0.1, -0.05) is 24.3 Å². The number of nitrogens with zero attached hydrogens (tertiary/aromatic N) is 1. The van der Waals surface area contributed by atoms with Crippen LogP contribution in [-0.2, 0) is 9.59 Å². The highest BCUT2D eigenvalue weighted by atomic mass is 19.1. The molecule has 5 heteroatoms. The van der Waals surface area contributed by atoms with E-state index >= 15 is 0 Å². The van der Waals surface area contributed by atoms with E-state index in [0.29, 0.717) is 12.8 Å². The summed E-state index contributed by atoms with van der Waals surface area (Å²) < 4.78 is 13.1. The molecule has 108 valence electrons. The molecule has 1 fully saturated rings. The molecule has 21 heavy (non-hydrogen) atoms. The van der Waals surface area contributed by atoms with E-state index in [9.17, 15) is 18.8 Å². The van der Waals surface area contributed by atoms with Gasteiger partial charge in [0.15, 0.2) is 5.78 Å². The number of fused-ring (bicyclic) bond motifs is 1. The molecule has 2 atom stereocenters. The SMILES string of the molecule is O=C(CN1C(=O)[C@H]2CC=CC[C@@H]2C1=O)c1cccc(F)c1. The fourth-order valence-corrected chi connectivity index (χ4v) is 2.92. The molecule has 1 aliphatic heterocycles. The van der Waals surface area contributed by atoms with Gasteiger partial charge in [-0.3, -0.25) is 19.3 Å². The van der Waals surface area contributed by atoms with Crippen molar-refractivity contribution in [1.82, 2.24) is 4.90 Å². The standard InChI is InChI=1S/C16H14FNO3/c17-11-5-3-4-10(8-11)14(19)9-18-15(20)12-6-1-2-7-13(12)16(18)21/h1-5,8,12-13H,6-7,9H2/t12-,13-/m0/s1. The summed E-state index contributed by atoms with van der Waals surface area (Å²) in [6.07, 6.45) is 4.87. The molecule has 1 aliphatic carbocycles. The number of likely N-dealkylation sites (tertiary alicyclic amines) is 1. The maximum atomic E-state index is 13.1. The van der Waals surface area contributed by atoms with Gasteiger partial charge < -0.3 is 0 Å². The first-order valence-corrected chi connectivity index (χ1v) is 6.87. The van der Waals surface area contributed by atoms with Gasteiger partial charge in [-0.05, 0) is 25.0 Å². The Balaban J connectivity index is 1.78. The quantitative estimate of drug-likeness (QED) is 0.485. The number of rotatable bonds is 3. The average Bonchev–Trinajstić information content (AvgIpc) is 2.73. The first-order chi connectivity index (χ1) is 10.1. The summed E-state index contributed by atoms with van der Waals surface area (Å²) in [6, 6.07) is 5.26. The molecule has 0 aromatic heterocycles. The zero-order valence-corrected chi connectivity index (χ0v) is 11.3. The van der Waals surface area contributed by atoms with E-state index in [4.69, 9.17) is 0 Å². The van der Waals surface area contributed by atoms with Crippen LogP contribution in [0.25, 0.3) is 0 Å². The van der Waals surface area contributed by atoms with E-state index in [-0.39, 0.29) is 35.8 Å². The number of amides is 2. The van der Waals surface area contributed by atoms with Crippen LogP contribution in [0.3, 0.4) is 0 Å². The average molecular weight is 287 g/mol. The van der Waals surface area contributed by atoms with Crippen molar-refractivity contribution in [2.24, 2.45) is 11.8 Å². The number of halogens is 1. The second-order valence-electron chi connectivity index (χ2n) is 5.35. The summed E-state index contributed by atoms with van der Waals surface area (Å²) in [5.74, 6) is -2.22. The highest BCUT2D eigenvalue weighted by Gasteiger charge is 2.47. The van der Waals surface area contributed by atoms with Crippen LogP contribution >= 0.6 is 0 Å². The smallest absolute Gasteiger partial charge is 0.233 e. The normalized spacial score (nSPS) is 24.3. The topological polar surface area (TPSA) is 54.5 Å². The Morgan fingerprint density at radius 3 is 2.33 bits per heavy atom. The third kappa shape index (κ3) is 2.39. The summed E-state index contributed by atoms with van der Waals surface area (Å²) in [7, 11) is 0. The number of Topliss-reactive ketones (excluding diaryl/α,β-unsaturated/α-hetero) is 1. The zero-order valence-electron chi connectivity index (χ0n) is 11.3. The van der Waals surface area contributed by atoms with E-state index in [1.807, 2.05) is 12.2 Å². The minimum absolute atomic E-state index is 0.170. The zero-order chi connectivity index (χ0) is 15.0. The first kappa shape index (κ1) is 13.7. The van der Waals surface area contributed by atoms with Gasteiger partial charge in [-0.15, -0.1) is 0 Å². The maximum absolute atomic E-state index is 13.1. The van der Waals surface area contributed by atoms with Gasteiger partial charge >= 0.3 is 0 Å². The van der Waals surface area contributed by atoms with Crippen molar-refractivity contribution in [2.75, 3.05) is 6.54 Å². The molecule has 1 aromatic rings. The van der Waals surface area contributed by atoms with Crippen LogP contribution < -0.4 is 0 Å². The van der Waals surface area contributed by atoms with E-state index in [0.717, 1.165) is 11.0 Å². The van der Waals surface area contributed by atoms with Gasteiger partial charge in [-0.2, -0.15) is 0 Å². The van der Waals surface area contributed by atoms with E-state index < -0.39 is 11.6 Å². The molecule has 0 N–H and O–H groups in total. The van der Waals surface area contributed by atoms with E-state index in [2.05, 4.69) is 0 Å². The van der Waals surface area contributed by atoms with Gasteiger partial charge in [0.1, 0.15) is 5.82 Å². The third-order valence-electron chi connectivity index (χ3n) is 4.05. The van der Waals surface area contributed by atoms with Crippen LogP contribution in [0.2, 0.25) is 0 Å². The molecule has 0 bridgehead atoms. The monoisotopic (exact) mass is 287 g/mol. The minimum atomic E-state index is -0.516. The fraction of sp³-hybridized carbons (Fsp3) is 0.312. The molecule has 0 unspecified atom stereocenters. The number of hydrogen-bond donors (Lipinski definition) is 0. The molecule has 2 amide bonds. The molecule has 1 saturated heterocycles. The third-order valence-corrected chi connectivity index (χ3v) is 4.05. The summed E-state index contributed by atoms with van der Waals surface area (Å²) in [4.78, 5) is 37.6. The number of imide groups is 1. The second kappa shape index (κ2) is 5.24. The number of allylic oxidation sites excluding steroid dienone is 2. The van der Waals surface area contributed by atoms with Crippen molar-refractivity contribution in [1.29, 1.82) is 0 Å². The van der Waals surface area contributed by atoms with Crippen LogP contribution in [-0.4, -0.2) is 29.0 Å². The molecular weight excluding hydrogens is 273 g/mol. The Kier molecular flexibility index (Phi) is 3.41. The summed E-state index contributed by atoms with van der Waals surface area (Å²) in [5, 5.41) is 0. The van der Waals surface area contributed by atoms with Crippen LogP contribution in [0.5, 0.6) is 0 Å². The van der Waals surface area contributed by atoms with Crippen molar-refractivity contribution in [3.63, 3.8) is 0 Å². The predicted molar refractivity (Wildman–Crippen MR) is 72.8 cm³/mol. The maximum Gasteiger partial charge on any atom is 0.233 e. The first-order valence-electron chi connectivity index (χ1n) is 6.87. The second-order valence-corrected chi connectivity index (χ2v) is 5.35. The lowest BCUT2D eigenvalue weighted by molar-refractivity contribution is -0.139. The highest BCUT2D eigenvalue weighted by Crippen LogP contribution is 2.35.